The van der Waals surface area contributed by atoms with Gasteiger partial charge in [0, 0.05) is 46.4 Å². The summed E-state index contributed by atoms with van der Waals surface area (Å²) < 4.78 is 10.4. The summed E-state index contributed by atoms with van der Waals surface area (Å²) in [5.41, 5.74) is 0. The van der Waals surface area contributed by atoms with Crippen molar-refractivity contribution in [3.05, 3.63) is 0 Å². The van der Waals surface area contributed by atoms with Crippen molar-refractivity contribution >= 4 is 0 Å². The molecule has 1 fully saturated rings. The van der Waals surface area contributed by atoms with Crippen molar-refractivity contribution < 1.29 is 9.47 Å². The third kappa shape index (κ3) is 6.67. The Morgan fingerprint density at radius 2 is 1.90 bits per heavy atom. The number of rotatable bonds is 10. The summed E-state index contributed by atoms with van der Waals surface area (Å²) in [6.07, 6.45) is 3.14. The van der Waals surface area contributed by atoms with Crippen molar-refractivity contribution in [2.24, 2.45) is 0 Å². The van der Waals surface area contributed by atoms with Crippen LogP contribution in [0.4, 0.5) is 0 Å². The molecule has 0 radical (unpaired) electrons. The Morgan fingerprint density at radius 3 is 2.50 bits per heavy atom. The van der Waals surface area contributed by atoms with Crippen molar-refractivity contribution in [2.75, 3.05) is 59.7 Å². The number of nitriles is 1. The largest absolute Gasteiger partial charge is 0.382 e. The van der Waals surface area contributed by atoms with Crippen LogP contribution >= 0.6 is 0 Å². The normalized spacial score (nSPS) is 18.9. The summed E-state index contributed by atoms with van der Waals surface area (Å²) in [6, 6.07) is 2.55. The van der Waals surface area contributed by atoms with E-state index < -0.39 is 0 Å². The van der Waals surface area contributed by atoms with Gasteiger partial charge in [0.1, 0.15) is 0 Å². The summed E-state index contributed by atoms with van der Waals surface area (Å²) in [6.45, 7) is 9.57. The van der Waals surface area contributed by atoms with E-state index in [1.165, 1.54) is 0 Å². The van der Waals surface area contributed by atoms with Gasteiger partial charge in [-0.15, -0.1) is 0 Å². The SMILES string of the molecule is CCCC(C#N)N1CCN(CCCOCCOC)CC1. The van der Waals surface area contributed by atoms with Crippen molar-refractivity contribution in [3.8, 4) is 6.07 Å². The highest BCUT2D eigenvalue weighted by Crippen LogP contribution is 2.10. The van der Waals surface area contributed by atoms with Gasteiger partial charge in [-0.3, -0.25) is 4.90 Å². The Bertz CT molecular complexity index is 273. The van der Waals surface area contributed by atoms with E-state index >= 15 is 0 Å². The Labute approximate surface area is 123 Å². The third-order valence-corrected chi connectivity index (χ3v) is 3.75. The van der Waals surface area contributed by atoms with Crippen molar-refractivity contribution in [1.82, 2.24) is 9.80 Å². The number of nitrogens with zero attached hydrogens (tertiary/aromatic N) is 3. The summed E-state index contributed by atoms with van der Waals surface area (Å²) in [5, 5.41) is 9.19. The molecule has 5 nitrogen and oxygen atoms in total. The molecule has 0 saturated carbocycles. The molecule has 0 aromatic carbocycles. The molecule has 0 aromatic rings. The van der Waals surface area contributed by atoms with E-state index in [9.17, 15) is 5.26 Å². The van der Waals surface area contributed by atoms with Crippen LogP contribution in [0.2, 0.25) is 0 Å². The maximum atomic E-state index is 9.19. The molecule has 116 valence electrons. The third-order valence-electron chi connectivity index (χ3n) is 3.75. The van der Waals surface area contributed by atoms with E-state index in [0.29, 0.717) is 13.2 Å². The van der Waals surface area contributed by atoms with Gasteiger partial charge in [0.15, 0.2) is 0 Å². The highest BCUT2D eigenvalue weighted by molar-refractivity contribution is 4.93. The van der Waals surface area contributed by atoms with E-state index in [0.717, 1.165) is 58.6 Å². The predicted octanol–water partition coefficient (Wildman–Crippen LogP) is 1.35. The van der Waals surface area contributed by atoms with E-state index in [1.807, 2.05) is 0 Å². The fourth-order valence-electron chi connectivity index (χ4n) is 2.54. The van der Waals surface area contributed by atoms with Crippen molar-refractivity contribution in [1.29, 1.82) is 5.26 Å². The standard InChI is InChI=1S/C15H29N3O2/c1-3-5-15(14-16)18-9-7-17(8-10-18)6-4-11-20-13-12-19-2/h15H,3-13H2,1-2H3. The minimum absolute atomic E-state index is 0.111. The van der Waals surface area contributed by atoms with Gasteiger partial charge in [-0.2, -0.15) is 5.26 Å². The summed E-state index contributed by atoms with van der Waals surface area (Å²) in [4.78, 5) is 4.80. The molecular formula is C15H29N3O2. The van der Waals surface area contributed by atoms with Gasteiger partial charge in [0.2, 0.25) is 0 Å². The molecule has 0 aliphatic carbocycles. The molecule has 1 aliphatic heterocycles. The molecule has 0 spiro atoms. The van der Waals surface area contributed by atoms with Crippen LogP contribution in [-0.2, 0) is 9.47 Å². The highest BCUT2D eigenvalue weighted by Gasteiger charge is 2.22. The molecule has 0 N–H and O–H groups in total. The Morgan fingerprint density at radius 1 is 1.15 bits per heavy atom. The first-order chi connectivity index (χ1) is 9.81. The van der Waals surface area contributed by atoms with Gasteiger partial charge in [0.25, 0.3) is 0 Å². The Kier molecular flexibility index (Phi) is 9.60. The summed E-state index contributed by atoms with van der Waals surface area (Å²) >= 11 is 0. The van der Waals surface area contributed by atoms with E-state index in [2.05, 4.69) is 22.8 Å². The van der Waals surface area contributed by atoms with E-state index in [1.54, 1.807) is 7.11 Å². The molecule has 1 saturated heterocycles. The molecule has 1 heterocycles. The van der Waals surface area contributed by atoms with E-state index in [4.69, 9.17) is 9.47 Å². The zero-order valence-corrected chi connectivity index (χ0v) is 13.0. The van der Waals surface area contributed by atoms with Crippen LogP contribution in [-0.4, -0.2) is 75.5 Å². The average molecular weight is 283 g/mol. The summed E-state index contributed by atoms with van der Waals surface area (Å²) in [5.74, 6) is 0. The molecule has 0 amide bonds. The van der Waals surface area contributed by atoms with Gasteiger partial charge in [-0.25, -0.2) is 0 Å². The molecule has 1 aliphatic rings. The van der Waals surface area contributed by atoms with Gasteiger partial charge >= 0.3 is 0 Å². The molecule has 5 heteroatoms. The first-order valence-electron chi connectivity index (χ1n) is 7.74. The zero-order valence-electron chi connectivity index (χ0n) is 13.0. The highest BCUT2D eigenvalue weighted by atomic mass is 16.5. The maximum Gasteiger partial charge on any atom is 0.0978 e. The topological polar surface area (TPSA) is 48.7 Å². The van der Waals surface area contributed by atoms with E-state index in [-0.39, 0.29) is 6.04 Å². The lowest BCUT2D eigenvalue weighted by Gasteiger charge is -2.36. The fraction of sp³-hybridized carbons (Fsp3) is 0.933. The fourth-order valence-corrected chi connectivity index (χ4v) is 2.54. The number of ether oxygens (including phenoxy) is 2. The lowest BCUT2D eigenvalue weighted by atomic mass is 10.1. The monoisotopic (exact) mass is 283 g/mol. The minimum atomic E-state index is 0.111. The minimum Gasteiger partial charge on any atom is -0.382 e. The number of hydrogen-bond acceptors (Lipinski definition) is 5. The van der Waals surface area contributed by atoms with Crippen LogP contribution in [0.25, 0.3) is 0 Å². The first kappa shape index (κ1) is 17.4. The second kappa shape index (κ2) is 11.0. The molecule has 1 atom stereocenters. The van der Waals surface area contributed by atoms with Crippen molar-refractivity contribution in [3.63, 3.8) is 0 Å². The molecular weight excluding hydrogens is 254 g/mol. The van der Waals surface area contributed by atoms with Gasteiger partial charge in [-0.1, -0.05) is 13.3 Å². The Hall–Kier alpha value is -0.670. The first-order valence-corrected chi connectivity index (χ1v) is 7.74. The van der Waals surface area contributed by atoms with Crippen LogP contribution in [0.3, 0.4) is 0 Å². The summed E-state index contributed by atoms with van der Waals surface area (Å²) in [7, 11) is 1.69. The van der Waals surface area contributed by atoms with Gasteiger partial charge in [-0.05, 0) is 12.8 Å². The second-order valence-electron chi connectivity index (χ2n) is 5.27. The molecule has 0 aromatic heterocycles. The lowest BCUT2D eigenvalue weighted by molar-refractivity contribution is 0.0588. The number of hydrogen-bond donors (Lipinski definition) is 0. The Balaban J connectivity index is 2.08. The molecule has 0 bridgehead atoms. The smallest absolute Gasteiger partial charge is 0.0978 e. The second-order valence-corrected chi connectivity index (χ2v) is 5.27. The van der Waals surface area contributed by atoms with Crippen molar-refractivity contribution in [2.45, 2.75) is 32.2 Å². The van der Waals surface area contributed by atoms with Crippen LogP contribution in [0.5, 0.6) is 0 Å². The van der Waals surface area contributed by atoms with Crippen LogP contribution in [0, 0.1) is 11.3 Å². The molecule has 1 unspecified atom stereocenters. The maximum absolute atomic E-state index is 9.19. The average Bonchev–Trinajstić information content (AvgIpc) is 2.49. The van der Waals surface area contributed by atoms with Gasteiger partial charge < -0.3 is 14.4 Å². The molecule has 20 heavy (non-hydrogen) atoms. The quantitative estimate of drug-likeness (QED) is 0.566. The predicted molar refractivity (Wildman–Crippen MR) is 79.6 cm³/mol. The molecule has 1 rings (SSSR count). The number of methoxy groups -OCH3 is 1. The zero-order chi connectivity index (χ0) is 14.6. The van der Waals surface area contributed by atoms with Crippen LogP contribution < -0.4 is 0 Å². The lowest BCUT2D eigenvalue weighted by Crippen LogP contribution is -2.50. The van der Waals surface area contributed by atoms with Gasteiger partial charge in [0.05, 0.1) is 25.3 Å². The number of piperazine rings is 1. The van der Waals surface area contributed by atoms with Crippen LogP contribution in [0.1, 0.15) is 26.2 Å². The van der Waals surface area contributed by atoms with Crippen LogP contribution in [0.15, 0.2) is 0 Å².